The van der Waals surface area contributed by atoms with E-state index in [0.717, 1.165) is 19.3 Å². The van der Waals surface area contributed by atoms with Crippen molar-refractivity contribution in [1.29, 1.82) is 0 Å². The third kappa shape index (κ3) is 2.27. The van der Waals surface area contributed by atoms with E-state index in [0.29, 0.717) is 0 Å². The largest absolute Gasteiger partial charge is 0.258 e. The van der Waals surface area contributed by atoms with E-state index in [1.807, 2.05) is 0 Å². The molecule has 0 amide bonds. The van der Waals surface area contributed by atoms with Gasteiger partial charge in [0.25, 0.3) is 0 Å². The Bertz CT molecular complexity index is 657. The molecular formula is C19H24N2. The zero-order valence-electron chi connectivity index (χ0n) is 14.0. The zero-order valence-corrected chi connectivity index (χ0v) is 14.0. The van der Waals surface area contributed by atoms with Gasteiger partial charge in [-0.15, -0.1) is 0 Å². The highest BCUT2D eigenvalue weighted by Gasteiger charge is 2.28. The minimum atomic E-state index is 1.01. The molecular weight excluding hydrogens is 256 g/mol. The molecule has 3 rings (SSSR count). The van der Waals surface area contributed by atoms with Gasteiger partial charge in [-0.05, 0) is 75.0 Å². The van der Waals surface area contributed by atoms with Gasteiger partial charge in [0, 0.05) is 42.1 Å². The van der Waals surface area contributed by atoms with E-state index < -0.39 is 0 Å². The van der Waals surface area contributed by atoms with Crippen LogP contribution in [-0.2, 0) is 0 Å². The van der Waals surface area contributed by atoms with Crippen molar-refractivity contribution in [2.75, 3.05) is 0 Å². The van der Waals surface area contributed by atoms with Gasteiger partial charge in [0.05, 0.1) is 0 Å². The van der Waals surface area contributed by atoms with Gasteiger partial charge in [-0.1, -0.05) is 0 Å². The first-order chi connectivity index (χ1) is 9.88. The highest BCUT2D eigenvalue weighted by Crippen LogP contribution is 2.39. The number of nitrogens with zero attached hydrogens (tertiary/aromatic N) is 2. The summed E-state index contributed by atoms with van der Waals surface area (Å²) in [5.41, 5.74) is 13.4. The summed E-state index contributed by atoms with van der Waals surface area (Å²) >= 11 is 0. The van der Waals surface area contributed by atoms with Crippen molar-refractivity contribution in [1.82, 2.24) is 0 Å². The highest BCUT2D eigenvalue weighted by molar-refractivity contribution is 6.12. The summed E-state index contributed by atoms with van der Waals surface area (Å²) in [5.74, 6) is 0. The topological polar surface area (TPSA) is 24.7 Å². The first kappa shape index (κ1) is 14.2. The van der Waals surface area contributed by atoms with Gasteiger partial charge in [-0.2, -0.15) is 0 Å². The molecule has 0 unspecified atom stereocenters. The molecule has 3 aliphatic rings. The monoisotopic (exact) mass is 280 g/mol. The lowest BCUT2D eigenvalue weighted by atomic mass is 9.98. The van der Waals surface area contributed by atoms with E-state index >= 15 is 0 Å². The van der Waals surface area contributed by atoms with Crippen LogP contribution in [-0.4, -0.2) is 11.4 Å². The molecule has 0 aromatic heterocycles. The Morgan fingerprint density at radius 3 is 1.24 bits per heavy atom. The third-order valence-electron chi connectivity index (χ3n) is 5.22. The second kappa shape index (κ2) is 4.94. The minimum absolute atomic E-state index is 1.01. The molecule has 110 valence electrons. The fraction of sp³-hybridized carbons (Fsp3) is 0.474. The Kier molecular flexibility index (Phi) is 3.35. The maximum absolute atomic E-state index is 4.79. The molecule has 0 fully saturated rings. The quantitative estimate of drug-likeness (QED) is 0.655. The summed E-state index contributed by atoms with van der Waals surface area (Å²) < 4.78 is 0. The fourth-order valence-electron chi connectivity index (χ4n) is 3.31. The summed E-state index contributed by atoms with van der Waals surface area (Å²) in [5, 5.41) is 0. The van der Waals surface area contributed by atoms with Gasteiger partial charge in [0.15, 0.2) is 0 Å². The van der Waals surface area contributed by atoms with Crippen LogP contribution in [0, 0.1) is 0 Å². The summed E-state index contributed by atoms with van der Waals surface area (Å²) in [4.78, 5) is 9.58. The Morgan fingerprint density at radius 2 is 0.952 bits per heavy atom. The van der Waals surface area contributed by atoms with E-state index in [1.54, 1.807) is 0 Å². The van der Waals surface area contributed by atoms with Crippen molar-refractivity contribution in [3.05, 3.63) is 44.8 Å². The van der Waals surface area contributed by atoms with Crippen molar-refractivity contribution in [3.63, 3.8) is 0 Å². The standard InChI is InChI=1S/C19H24N2/c1-10-7-18(20-14(10)5)16-9-17(13(4)12(16)3)19-8-11(2)15(6)21-19/h7-9H2,1-6H3. The zero-order chi connectivity index (χ0) is 15.3. The Morgan fingerprint density at radius 1 is 0.571 bits per heavy atom. The van der Waals surface area contributed by atoms with Gasteiger partial charge in [-0.25, -0.2) is 0 Å². The Balaban J connectivity index is 1.86. The van der Waals surface area contributed by atoms with Crippen LogP contribution in [0.5, 0.6) is 0 Å². The summed E-state index contributed by atoms with van der Waals surface area (Å²) in [6, 6.07) is 0. The van der Waals surface area contributed by atoms with Crippen LogP contribution in [0.15, 0.2) is 54.8 Å². The van der Waals surface area contributed by atoms with Crippen molar-refractivity contribution in [2.45, 2.75) is 60.8 Å². The molecule has 0 spiro atoms. The van der Waals surface area contributed by atoms with Crippen LogP contribution >= 0.6 is 0 Å². The Hall–Kier alpha value is -1.70. The highest BCUT2D eigenvalue weighted by atomic mass is 14.8. The molecule has 1 aliphatic carbocycles. The Labute approximate surface area is 127 Å². The van der Waals surface area contributed by atoms with Crippen LogP contribution in [0.4, 0.5) is 0 Å². The molecule has 0 aromatic rings. The molecule has 0 atom stereocenters. The molecule has 0 N–H and O–H groups in total. The molecule has 0 radical (unpaired) electrons. The molecule has 0 saturated heterocycles. The van der Waals surface area contributed by atoms with E-state index in [9.17, 15) is 0 Å². The lowest BCUT2D eigenvalue weighted by Gasteiger charge is -2.07. The normalized spacial score (nSPS) is 23.0. The summed E-state index contributed by atoms with van der Waals surface area (Å²) in [7, 11) is 0. The van der Waals surface area contributed by atoms with Crippen LogP contribution in [0.1, 0.15) is 60.8 Å². The lowest BCUT2D eigenvalue weighted by molar-refractivity contribution is 1.20. The van der Waals surface area contributed by atoms with Gasteiger partial charge in [0.1, 0.15) is 0 Å². The predicted octanol–water partition coefficient (Wildman–Crippen LogP) is 5.30. The van der Waals surface area contributed by atoms with Crippen LogP contribution in [0.25, 0.3) is 0 Å². The molecule has 21 heavy (non-hydrogen) atoms. The maximum atomic E-state index is 4.79. The first-order valence-corrected chi connectivity index (χ1v) is 7.77. The van der Waals surface area contributed by atoms with E-state index in [1.165, 1.54) is 56.3 Å². The fourth-order valence-corrected chi connectivity index (χ4v) is 3.31. The van der Waals surface area contributed by atoms with Crippen LogP contribution in [0.2, 0.25) is 0 Å². The minimum Gasteiger partial charge on any atom is -0.258 e. The van der Waals surface area contributed by atoms with E-state index in [2.05, 4.69) is 41.5 Å². The van der Waals surface area contributed by atoms with Crippen molar-refractivity contribution in [3.8, 4) is 0 Å². The first-order valence-electron chi connectivity index (χ1n) is 7.77. The summed E-state index contributed by atoms with van der Waals surface area (Å²) in [6.07, 6.45) is 3.04. The molecule has 0 bridgehead atoms. The van der Waals surface area contributed by atoms with Crippen molar-refractivity contribution >= 4 is 11.4 Å². The number of hydrogen-bond acceptors (Lipinski definition) is 2. The van der Waals surface area contributed by atoms with Crippen molar-refractivity contribution in [2.24, 2.45) is 9.98 Å². The molecule has 2 heterocycles. The predicted molar refractivity (Wildman–Crippen MR) is 90.9 cm³/mol. The lowest BCUT2D eigenvalue weighted by Crippen LogP contribution is -2.04. The van der Waals surface area contributed by atoms with Crippen LogP contribution < -0.4 is 0 Å². The van der Waals surface area contributed by atoms with Gasteiger partial charge in [-0.3, -0.25) is 9.98 Å². The van der Waals surface area contributed by atoms with Gasteiger partial charge < -0.3 is 0 Å². The van der Waals surface area contributed by atoms with Crippen molar-refractivity contribution < 1.29 is 0 Å². The van der Waals surface area contributed by atoms with Gasteiger partial charge >= 0.3 is 0 Å². The van der Waals surface area contributed by atoms with E-state index in [4.69, 9.17) is 9.98 Å². The van der Waals surface area contributed by atoms with E-state index in [-0.39, 0.29) is 0 Å². The second-order valence-electron chi connectivity index (χ2n) is 6.59. The van der Waals surface area contributed by atoms with Gasteiger partial charge in [0.2, 0.25) is 0 Å². The molecule has 2 aliphatic heterocycles. The molecule has 2 heteroatoms. The molecule has 0 aromatic carbocycles. The SMILES string of the molecule is CC1=C(C)N=C(C2=C(C)C(C)=C(C3=NC(C)=C(C)C3)C2)C1. The third-order valence-corrected chi connectivity index (χ3v) is 5.22. The molecule has 0 saturated carbocycles. The smallest absolute Gasteiger partial charge is 0.0485 e. The average Bonchev–Trinajstić information content (AvgIpc) is 3.02. The number of hydrogen-bond donors (Lipinski definition) is 0. The average molecular weight is 280 g/mol. The maximum Gasteiger partial charge on any atom is 0.0485 e. The second-order valence-corrected chi connectivity index (χ2v) is 6.59. The summed E-state index contributed by atoms with van der Waals surface area (Å²) in [6.45, 7) is 13.1. The molecule has 2 nitrogen and oxygen atoms in total. The number of rotatable bonds is 2. The van der Waals surface area contributed by atoms with Crippen LogP contribution in [0.3, 0.4) is 0 Å². The number of allylic oxidation sites excluding steroid dienone is 8. The number of aliphatic imine (C=N–C) groups is 2.